The summed E-state index contributed by atoms with van der Waals surface area (Å²) in [6.45, 7) is 5.22. The van der Waals surface area contributed by atoms with Gasteiger partial charge in [0.2, 0.25) is 0 Å². The molecule has 0 saturated heterocycles. The van der Waals surface area contributed by atoms with Gasteiger partial charge in [0.15, 0.2) is 0 Å². The van der Waals surface area contributed by atoms with Crippen LogP contribution in [0.15, 0.2) is 212 Å². The highest BCUT2D eigenvalue weighted by molar-refractivity contribution is 6.13. The first-order valence-corrected chi connectivity index (χ1v) is 23.9. The van der Waals surface area contributed by atoms with Crippen molar-refractivity contribution < 1.29 is 4.74 Å². The number of pyridine rings is 1. The molecular formula is C63H46N6O. The highest BCUT2D eigenvalue weighted by atomic mass is 16.5. The number of ether oxygens (including phenoxy) is 1. The van der Waals surface area contributed by atoms with Crippen LogP contribution in [0.4, 0.5) is 17.1 Å². The van der Waals surface area contributed by atoms with Gasteiger partial charge in [-0.3, -0.25) is 4.57 Å². The maximum atomic E-state index is 6.74. The van der Waals surface area contributed by atoms with E-state index in [0.717, 1.165) is 102 Å². The molecule has 334 valence electrons. The van der Waals surface area contributed by atoms with E-state index in [-0.39, 0.29) is 0 Å². The molecule has 4 aromatic heterocycles. The van der Waals surface area contributed by atoms with E-state index in [9.17, 15) is 0 Å². The minimum absolute atomic E-state index is 0.757. The third kappa shape index (κ3) is 6.04. The molecule has 1 aliphatic heterocycles. The largest absolute Gasteiger partial charge is 0.457 e. The second-order valence-electron chi connectivity index (χ2n) is 18.7. The number of benzene rings is 9. The van der Waals surface area contributed by atoms with Gasteiger partial charge in [0, 0.05) is 74.5 Å². The second kappa shape index (κ2) is 15.5. The molecule has 7 heteroatoms. The van der Waals surface area contributed by atoms with Crippen molar-refractivity contribution in [3.63, 3.8) is 0 Å². The number of hydrogen-bond donors (Lipinski definition) is 0. The van der Waals surface area contributed by atoms with E-state index in [1.54, 1.807) is 0 Å². The minimum atomic E-state index is 0.757. The van der Waals surface area contributed by atoms with E-state index in [4.69, 9.17) is 9.72 Å². The zero-order chi connectivity index (χ0) is 46.6. The first-order valence-electron chi connectivity index (χ1n) is 23.9. The first-order chi connectivity index (χ1) is 34.5. The lowest BCUT2D eigenvalue weighted by Gasteiger charge is -2.22. The van der Waals surface area contributed by atoms with E-state index >= 15 is 0 Å². The van der Waals surface area contributed by atoms with Crippen LogP contribution in [0.25, 0.3) is 93.7 Å². The summed E-state index contributed by atoms with van der Waals surface area (Å²) in [6, 6.07) is 74.0. The highest BCUT2D eigenvalue weighted by Crippen LogP contribution is 2.45. The monoisotopic (exact) mass is 902 g/mol. The van der Waals surface area contributed by atoms with Gasteiger partial charge in [-0.2, -0.15) is 0 Å². The summed E-state index contributed by atoms with van der Waals surface area (Å²) < 4.78 is 14.0. The molecule has 5 heterocycles. The molecule has 0 spiro atoms. The quantitative estimate of drug-likeness (QED) is 0.160. The van der Waals surface area contributed by atoms with E-state index in [1.807, 2.05) is 6.07 Å². The van der Waals surface area contributed by atoms with Crippen LogP contribution >= 0.6 is 0 Å². The van der Waals surface area contributed by atoms with Crippen LogP contribution < -0.4 is 14.5 Å². The molecule has 0 radical (unpaired) electrons. The number of aromatic nitrogens is 4. The van der Waals surface area contributed by atoms with Crippen molar-refractivity contribution >= 4 is 82.5 Å². The van der Waals surface area contributed by atoms with Crippen molar-refractivity contribution in [3.8, 4) is 39.8 Å². The maximum absolute atomic E-state index is 6.74. The van der Waals surface area contributed by atoms with E-state index in [0.29, 0.717) is 0 Å². The molecule has 0 bridgehead atoms. The molecule has 0 atom stereocenters. The fourth-order valence-electron chi connectivity index (χ4n) is 11.4. The molecule has 0 fully saturated rings. The van der Waals surface area contributed by atoms with Crippen molar-refractivity contribution in [1.29, 1.82) is 0 Å². The van der Waals surface area contributed by atoms with Gasteiger partial charge in [-0.15, -0.1) is 0 Å². The summed E-state index contributed by atoms with van der Waals surface area (Å²) in [5.41, 5.74) is 16.9. The predicted molar refractivity (Wildman–Crippen MR) is 291 cm³/mol. The van der Waals surface area contributed by atoms with Gasteiger partial charge in [-0.1, -0.05) is 109 Å². The van der Waals surface area contributed by atoms with Crippen LogP contribution in [0.5, 0.6) is 11.5 Å². The number of nitrogens with zero attached hydrogens (tertiary/aromatic N) is 6. The molecule has 7 nitrogen and oxygen atoms in total. The molecular weight excluding hydrogens is 857 g/mol. The number of aryl methyl sites for hydroxylation is 2. The Morgan fingerprint density at radius 3 is 1.46 bits per heavy atom. The number of fused-ring (bicyclic) bond motifs is 10. The van der Waals surface area contributed by atoms with E-state index < -0.39 is 0 Å². The topological polar surface area (TPSA) is 43.4 Å². The number of para-hydroxylation sites is 7. The van der Waals surface area contributed by atoms with Crippen molar-refractivity contribution in [2.24, 2.45) is 0 Å². The Morgan fingerprint density at radius 1 is 0.414 bits per heavy atom. The fourth-order valence-corrected chi connectivity index (χ4v) is 11.4. The molecule has 13 aromatic rings. The van der Waals surface area contributed by atoms with Gasteiger partial charge in [-0.25, -0.2) is 4.98 Å². The Kier molecular flexibility index (Phi) is 8.86. The summed E-state index contributed by atoms with van der Waals surface area (Å²) >= 11 is 0. The van der Waals surface area contributed by atoms with E-state index in [1.165, 1.54) is 38.5 Å². The molecule has 0 unspecified atom stereocenters. The van der Waals surface area contributed by atoms with Gasteiger partial charge in [-0.05, 0) is 110 Å². The summed E-state index contributed by atoms with van der Waals surface area (Å²) in [5.74, 6) is 2.38. The summed E-state index contributed by atoms with van der Waals surface area (Å²) in [4.78, 5) is 10.1. The van der Waals surface area contributed by atoms with Gasteiger partial charge in [0.05, 0.1) is 62.5 Å². The van der Waals surface area contributed by atoms with Crippen LogP contribution in [0.2, 0.25) is 0 Å². The first kappa shape index (κ1) is 40.0. The highest BCUT2D eigenvalue weighted by Gasteiger charge is 2.26. The van der Waals surface area contributed by atoms with Crippen molar-refractivity contribution in [2.75, 3.05) is 23.5 Å². The van der Waals surface area contributed by atoms with Crippen LogP contribution in [0.3, 0.4) is 0 Å². The molecule has 0 N–H and O–H groups in total. The predicted octanol–water partition coefficient (Wildman–Crippen LogP) is 16.0. The zero-order valence-corrected chi connectivity index (χ0v) is 39.0. The Morgan fingerprint density at radius 2 is 0.900 bits per heavy atom. The Bertz CT molecular complexity index is 4030. The zero-order valence-electron chi connectivity index (χ0n) is 39.0. The van der Waals surface area contributed by atoms with Crippen LogP contribution in [0.1, 0.15) is 11.1 Å². The SMILES string of the molecule is Cc1cc(-n2c3ccccc3c3ccccc32)c(-c2cnc(-n3c4ccccc4c4ccc(Oc5cccc(N6CN(C)c7ccccc76)c5)cc43)cc2C)c(-n2c3ccccc3c3ccccc32)c1. The summed E-state index contributed by atoms with van der Waals surface area (Å²) in [6.07, 6.45) is 2.10. The molecule has 0 amide bonds. The summed E-state index contributed by atoms with van der Waals surface area (Å²) in [5, 5.41) is 7.19. The average molecular weight is 903 g/mol. The number of hydrogen-bond acceptors (Lipinski definition) is 4. The lowest BCUT2D eigenvalue weighted by molar-refractivity contribution is 0.483. The Hall–Kier alpha value is -9.07. The van der Waals surface area contributed by atoms with Crippen molar-refractivity contribution in [2.45, 2.75) is 13.8 Å². The minimum Gasteiger partial charge on any atom is -0.457 e. The standard InChI is InChI=1S/C63H46N6O/c1-40-33-60(67-52-24-9-4-19-45(52)46-20-5-10-25-53(46)67)63(61(34-40)68-54-26-11-6-21-47(54)48-22-7-12-27-55(48)68)51-38-64-62(35-41(51)2)69-56-28-13-8-23-49(56)50-32-31-44(37-59(50)69)70-43-18-16-17-42(36-43)66-39-65(3)57-29-14-15-30-58(57)66/h4-38H,39H2,1-3H3. The molecule has 70 heavy (non-hydrogen) atoms. The Balaban J connectivity index is 0.953. The number of anilines is 3. The smallest absolute Gasteiger partial charge is 0.137 e. The molecule has 0 aliphatic carbocycles. The van der Waals surface area contributed by atoms with Crippen molar-refractivity contribution in [3.05, 3.63) is 224 Å². The molecule has 0 saturated carbocycles. The lowest BCUT2D eigenvalue weighted by Crippen LogP contribution is -2.23. The Labute approximate surface area is 404 Å². The third-order valence-corrected chi connectivity index (χ3v) is 14.4. The van der Waals surface area contributed by atoms with Crippen LogP contribution in [0, 0.1) is 13.8 Å². The van der Waals surface area contributed by atoms with E-state index in [2.05, 4.69) is 251 Å². The van der Waals surface area contributed by atoms with Gasteiger partial charge in [0.1, 0.15) is 17.3 Å². The maximum Gasteiger partial charge on any atom is 0.137 e. The third-order valence-electron chi connectivity index (χ3n) is 14.4. The van der Waals surface area contributed by atoms with Gasteiger partial charge < -0.3 is 23.7 Å². The van der Waals surface area contributed by atoms with Gasteiger partial charge in [0.25, 0.3) is 0 Å². The second-order valence-corrected chi connectivity index (χ2v) is 18.7. The molecule has 1 aliphatic rings. The molecule has 9 aromatic carbocycles. The van der Waals surface area contributed by atoms with Gasteiger partial charge >= 0.3 is 0 Å². The van der Waals surface area contributed by atoms with Crippen LogP contribution in [-0.2, 0) is 0 Å². The molecule has 14 rings (SSSR count). The summed E-state index contributed by atoms with van der Waals surface area (Å²) in [7, 11) is 2.13. The lowest BCUT2D eigenvalue weighted by atomic mass is 9.96. The fraction of sp³-hybridized carbons (Fsp3) is 0.0635. The van der Waals surface area contributed by atoms with Crippen molar-refractivity contribution in [1.82, 2.24) is 18.7 Å². The number of rotatable bonds is 7. The normalized spacial score (nSPS) is 12.7. The average Bonchev–Trinajstić information content (AvgIpc) is 4.12. The van der Waals surface area contributed by atoms with Crippen LogP contribution in [-0.4, -0.2) is 32.4 Å².